The number of hydrogen-bond donors (Lipinski definition) is 1. The fourth-order valence-corrected chi connectivity index (χ4v) is 3.70. The van der Waals surface area contributed by atoms with Crippen LogP contribution in [0, 0.1) is 13.8 Å². The van der Waals surface area contributed by atoms with E-state index in [1.165, 1.54) is 5.56 Å². The van der Waals surface area contributed by atoms with Crippen LogP contribution in [0.4, 0.5) is 4.79 Å². The molecule has 3 rings (SSSR count). The van der Waals surface area contributed by atoms with Gasteiger partial charge in [0.25, 0.3) is 0 Å². The van der Waals surface area contributed by atoms with Gasteiger partial charge in [-0.15, -0.1) is 0 Å². The minimum Gasteiger partial charge on any atom is -0.496 e. The third kappa shape index (κ3) is 4.96. The number of ether oxygens (including phenoxy) is 1. The molecule has 2 heterocycles. The second-order valence-electron chi connectivity index (χ2n) is 7.05. The normalized spacial score (nSPS) is 14.9. The van der Waals surface area contributed by atoms with E-state index in [0.717, 1.165) is 48.9 Å². The van der Waals surface area contributed by atoms with Gasteiger partial charge in [-0.2, -0.15) is 0 Å². The van der Waals surface area contributed by atoms with E-state index in [-0.39, 0.29) is 6.03 Å². The number of piperidine rings is 1. The molecule has 0 radical (unpaired) electrons. The Kier molecular flexibility index (Phi) is 6.27. The number of aryl methyl sites for hydroxylation is 2. The topological polar surface area (TPSA) is 67.3 Å². The van der Waals surface area contributed by atoms with E-state index in [2.05, 4.69) is 21.4 Å². The van der Waals surface area contributed by atoms with Crippen molar-refractivity contribution in [2.45, 2.75) is 39.0 Å². The molecule has 1 aromatic heterocycles. The third-order valence-corrected chi connectivity index (χ3v) is 5.01. The van der Waals surface area contributed by atoms with Crippen LogP contribution in [0.2, 0.25) is 0 Å². The minimum absolute atomic E-state index is 0.00199. The zero-order valence-corrected chi connectivity index (χ0v) is 16.4. The van der Waals surface area contributed by atoms with Gasteiger partial charge in [0, 0.05) is 37.4 Å². The standard InChI is InChI=1S/C21H28N4O2/c1-15-14-16(2)24-20(23-15)8-11-22-21(26)25-12-9-17(10-13-25)18-6-4-5-7-19(18)27-3/h4-7,14,17H,8-13H2,1-3H3,(H,22,26). The fraction of sp³-hybridized carbons (Fsp3) is 0.476. The highest BCUT2D eigenvalue weighted by Gasteiger charge is 2.25. The number of likely N-dealkylation sites (tertiary alicyclic amines) is 1. The van der Waals surface area contributed by atoms with Crippen molar-refractivity contribution in [3.8, 4) is 5.75 Å². The summed E-state index contributed by atoms with van der Waals surface area (Å²) in [5.41, 5.74) is 3.16. The van der Waals surface area contributed by atoms with Crippen LogP contribution in [0.3, 0.4) is 0 Å². The quantitative estimate of drug-likeness (QED) is 0.880. The first-order valence-electron chi connectivity index (χ1n) is 9.53. The van der Waals surface area contributed by atoms with Crippen LogP contribution in [-0.4, -0.2) is 47.6 Å². The van der Waals surface area contributed by atoms with Crippen LogP contribution in [0.15, 0.2) is 30.3 Å². The zero-order chi connectivity index (χ0) is 19.2. The first-order chi connectivity index (χ1) is 13.1. The van der Waals surface area contributed by atoms with Gasteiger partial charge in [0.1, 0.15) is 11.6 Å². The van der Waals surface area contributed by atoms with Crippen LogP contribution in [0.1, 0.15) is 41.5 Å². The highest BCUT2D eigenvalue weighted by molar-refractivity contribution is 5.74. The highest BCUT2D eigenvalue weighted by Crippen LogP contribution is 2.33. The molecular weight excluding hydrogens is 340 g/mol. The van der Waals surface area contributed by atoms with Gasteiger partial charge in [-0.3, -0.25) is 0 Å². The van der Waals surface area contributed by atoms with E-state index < -0.39 is 0 Å². The van der Waals surface area contributed by atoms with Crippen molar-refractivity contribution in [1.29, 1.82) is 0 Å². The summed E-state index contributed by atoms with van der Waals surface area (Å²) in [6.07, 6.45) is 2.55. The molecule has 1 N–H and O–H groups in total. The summed E-state index contributed by atoms with van der Waals surface area (Å²) in [6, 6.07) is 10.1. The number of urea groups is 1. The summed E-state index contributed by atoms with van der Waals surface area (Å²) in [6.45, 7) is 5.99. The average Bonchev–Trinajstić information content (AvgIpc) is 2.67. The number of benzene rings is 1. The van der Waals surface area contributed by atoms with Gasteiger partial charge in [-0.25, -0.2) is 14.8 Å². The summed E-state index contributed by atoms with van der Waals surface area (Å²) < 4.78 is 5.48. The Morgan fingerprint density at radius 3 is 2.52 bits per heavy atom. The number of para-hydroxylation sites is 1. The monoisotopic (exact) mass is 368 g/mol. The number of hydrogen-bond acceptors (Lipinski definition) is 4. The van der Waals surface area contributed by atoms with E-state index in [9.17, 15) is 4.79 Å². The Balaban J connectivity index is 1.47. The largest absolute Gasteiger partial charge is 0.496 e. The van der Waals surface area contributed by atoms with E-state index in [1.54, 1.807) is 7.11 Å². The molecule has 1 aliphatic rings. The molecule has 2 amide bonds. The summed E-state index contributed by atoms with van der Waals surface area (Å²) in [4.78, 5) is 23.2. The second-order valence-corrected chi connectivity index (χ2v) is 7.05. The highest BCUT2D eigenvalue weighted by atomic mass is 16.5. The number of rotatable bonds is 5. The Morgan fingerprint density at radius 2 is 1.85 bits per heavy atom. The third-order valence-electron chi connectivity index (χ3n) is 5.01. The maximum absolute atomic E-state index is 12.4. The molecule has 1 aliphatic heterocycles. The predicted molar refractivity (Wildman–Crippen MR) is 105 cm³/mol. The van der Waals surface area contributed by atoms with E-state index >= 15 is 0 Å². The number of carbonyl (C=O) groups is 1. The molecule has 0 atom stereocenters. The second kappa shape index (κ2) is 8.84. The van der Waals surface area contributed by atoms with Crippen LogP contribution >= 0.6 is 0 Å². The Bertz CT molecular complexity index is 765. The van der Waals surface area contributed by atoms with Crippen molar-refractivity contribution in [1.82, 2.24) is 20.2 Å². The van der Waals surface area contributed by atoms with Crippen molar-refractivity contribution < 1.29 is 9.53 Å². The van der Waals surface area contributed by atoms with Crippen molar-refractivity contribution in [3.05, 3.63) is 53.1 Å². The van der Waals surface area contributed by atoms with Gasteiger partial charge >= 0.3 is 6.03 Å². The smallest absolute Gasteiger partial charge is 0.317 e. The summed E-state index contributed by atoms with van der Waals surface area (Å²) in [5.74, 6) is 2.16. The molecule has 0 saturated carbocycles. The molecule has 1 fully saturated rings. The lowest BCUT2D eigenvalue weighted by Crippen LogP contribution is -2.44. The number of nitrogens with one attached hydrogen (secondary N) is 1. The minimum atomic E-state index is -0.00199. The Labute approximate surface area is 161 Å². The molecule has 0 bridgehead atoms. The number of aromatic nitrogens is 2. The molecule has 1 aromatic carbocycles. The van der Waals surface area contributed by atoms with Crippen molar-refractivity contribution in [2.24, 2.45) is 0 Å². The number of nitrogens with zero attached hydrogens (tertiary/aromatic N) is 3. The molecule has 6 heteroatoms. The van der Waals surface area contributed by atoms with E-state index in [4.69, 9.17) is 4.74 Å². The van der Waals surface area contributed by atoms with Crippen LogP contribution < -0.4 is 10.1 Å². The first-order valence-corrected chi connectivity index (χ1v) is 9.53. The Hall–Kier alpha value is -2.63. The maximum Gasteiger partial charge on any atom is 0.317 e. The van der Waals surface area contributed by atoms with Crippen molar-refractivity contribution in [2.75, 3.05) is 26.7 Å². The molecule has 144 valence electrons. The number of amides is 2. The van der Waals surface area contributed by atoms with Gasteiger partial charge in [-0.1, -0.05) is 18.2 Å². The first kappa shape index (κ1) is 19.1. The lowest BCUT2D eigenvalue weighted by atomic mass is 9.89. The molecule has 0 aliphatic carbocycles. The predicted octanol–water partition coefficient (Wildman–Crippen LogP) is 3.23. The van der Waals surface area contributed by atoms with Gasteiger partial charge < -0.3 is 15.0 Å². The van der Waals surface area contributed by atoms with Crippen molar-refractivity contribution in [3.63, 3.8) is 0 Å². The van der Waals surface area contributed by atoms with Gasteiger partial charge in [-0.05, 0) is 50.3 Å². The average molecular weight is 368 g/mol. The molecule has 0 unspecified atom stereocenters. The summed E-state index contributed by atoms with van der Waals surface area (Å²) in [5, 5.41) is 3.00. The summed E-state index contributed by atoms with van der Waals surface area (Å²) in [7, 11) is 1.71. The van der Waals surface area contributed by atoms with E-state index in [1.807, 2.05) is 43.0 Å². The molecule has 6 nitrogen and oxygen atoms in total. The van der Waals surface area contributed by atoms with Gasteiger partial charge in [0.2, 0.25) is 0 Å². The van der Waals surface area contributed by atoms with E-state index in [0.29, 0.717) is 18.9 Å². The summed E-state index contributed by atoms with van der Waals surface area (Å²) >= 11 is 0. The lowest BCUT2D eigenvalue weighted by Gasteiger charge is -2.32. The number of methoxy groups -OCH3 is 1. The van der Waals surface area contributed by atoms with Crippen molar-refractivity contribution >= 4 is 6.03 Å². The van der Waals surface area contributed by atoms with Gasteiger partial charge in [0.15, 0.2) is 0 Å². The fourth-order valence-electron chi connectivity index (χ4n) is 3.70. The van der Waals surface area contributed by atoms with Crippen LogP contribution in [-0.2, 0) is 6.42 Å². The molecular formula is C21H28N4O2. The maximum atomic E-state index is 12.4. The molecule has 27 heavy (non-hydrogen) atoms. The molecule has 2 aromatic rings. The van der Waals surface area contributed by atoms with Crippen LogP contribution in [0.25, 0.3) is 0 Å². The lowest BCUT2D eigenvalue weighted by molar-refractivity contribution is 0.181. The van der Waals surface area contributed by atoms with Gasteiger partial charge in [0.05, 0.1) is 7.11 Å². The Morgan fingerprint density at radius 1 is 1.19 bits per heavy atom. The zero-order valence-electron chi connectivity index (χ0n) is 16.4. The molecule has 1 saturated heterocycles. The molecule has 0 spiro atoms. The number of carbonyl (C=O) groups excluding carboxylic acids is 1. The SMILES string of the molecule is COc1ccccc1C1CCN(C(=O)NCCc2nc(C)cc(C)n2)CC1. The van der Waals surface area contributed by atoms with Crippen LogP contribution in [0.5, 0.6) is 5.75 Å².